The highest BCUT2D eigenvalue weighted by Crippen LogP contribution is 2.31. The molecule has 0 aliphatic heterocycles. The second kappa shape index (κ2) is 6.66. The maximum absolute atomic E-state index is 11.3. The predicted octanol–water partition coefficient (Wildman–Crippen LogP) is 3.11. The molecule has 94 valence electrons. The lowest BCUT2D eigenvalue weighted by atomic mass is 9.80. The van der Waals surface area contributed by atoms with E-state index in [0.29, 0.717) is 12.8 Å². The number of hydrogen-bond acceptors (Lipinski definition) is 3. The van der Waals surface area contributed by atoms with E-state index in [1.165, 1.54) is 6.92 Å². The van der Waals surface area contributed by atoms with Gasteiger partial charge in [-0.3, -0.25) is 9.59 Å². The quantitative estimate of drug-likeness (QED) is 0.629. The smallest absolute Gasteiger partial charge is 0.302 e. The van der Waals surface area contributed by atoms with Crippen LogP contribution in [-0.2, 0) is 14.3 Å². The lowest BCUT2D eigenvalue weighted by molar-refractivity contribution is -0.153. The molecule has 0 N–H and O–H groups in total. The molecule has 16 heavy (non-hydrogen) atoms. The van der Waals surface area contributed by atoms with Gasteiger partial charge in [0.15, 0.2) is 0 Å². The first kappa shape index (κ1) is 15.1. The minimum absolute atomic E-state index is 0.102. The molecule has 1 atom stereocenters. The molecule has 0 aliphatic carbocycles. The van der Waals surface area contributed by atoms with Crippen LogP contribution in [0.25, 0.3) is 0 Å². The molecule has 0 rings (SSSR count). The van der Waals surface area contributed by atoms with Crippen molar-refractivity contribution in [3.8, 4) is 0 Å². The van der Waals surface area contributed by atoms with E-state index < -0.39 is 0 Å². The van der Waals surface area contributed by atoms with E-state index in [9.17, 15) is 9.59 Å². The van der Waals surface area contributed by atoms with Gasteiger partial charge in [-0.25, -0.2) is 0 Å². The first-order valence-electron chi connectivity index (χ1n) is 6.02. The summed E-state index contributed by atoms with van der Waals surface area (Å²) in [6.45, 7) is 9.39. The van der Waals surface area contributed by atoms with Crippen LogP contribution in [0.1, 0.15) is 60.3 Å². The SMILES string of the molecule is CCC(=O)CCC(C)(C)C(CC)OC(C)=O. The fourth-order valence-corrected chi connectivity index (χ4v) is 1.80. The Kier molecular flexibility index (Phi) is 6.31. The number of hydrogen-bond donors (Lipinski definition) is 0. The van der Waals surface area contributed by atoms with Gasteiger partial charge < -0.3 is 4.74 Å². The van der Waals surface area contributed by atoms with Crippen molar-refractivity contribution in [3.63, 3.8) is 0 Å². The Morgan fingerprint density at radius 1 is 1.25 bits per heavy atom. The molecule has 0 aromatic carbocycles. The van der Waals surface area contributed by atoms with Crippen molar-refractivity contribution in [3.05, 3.63) is 0 Å². The lowest BCUT2D eigenvalue weighted by Gasteiger charge is -2.32. The summed E-state index contributed by atoms with van der Waals surface area (Å²) in [6.07, 6.45) is 2.61. The van der Waals surface area contributed by atoms with Crippen LogP contribution in [0.4, 0.5) is 0 Å². The molecule has 0 saturated heterocycles. The van der Waals surface area contributed by atoms with Crippen LogP contribution in [0.2, 0.25) is 0 Å². The molecular weight excluding hydrogens is 204 g/mol. The van der Waals surface area contributed by atoms with Crippen LogP contribution in [-0.4, -0.2) is 17.9 Å². The van der Waals surface area contributed by atoms with E-state index in [-0.39, 0.29) is 23.3 Å². The Bertz CT molecular complexity index is 244. The van der Waals surface area contributed by atoms with Gasteiger partial charge in [0, 0.05) is 25.2 Å². The van der Waals surface area contributed by atoms with Gasteiger partial charge in [0.25, 0.3) is 0 Å². The van der Waals surface area contributed by atoms with Gasteiger partial charge in [0.1, 0.15) is 11.9 Å². The summed E-state index contributed by atoms with van der Waals surface area (Å²) in [5.74, 6) is 0.0208. The van der Waals surface area contributed by atoms with E-state index in [2.05, 4.69) is 0 Å². The maximum Gasteiger partial charge on any atom is 0.302 e. The third kappa shape index (κ3) is 5.29. The molecule has 3 nitrogen and oxygen atoms in total. The third-order valence-corrected chi connectivity index (χ3v) is 2.99. The second-order valence-electron chi connectivity index (χ2n) is 4.89. The Balaban J connectivity index is 4.35. The summed E-state index contributed by atoms with van der Waals surface area (Å²) in [4.78, 5) is 22.2. The van der Waals surface area contributed by atoms with Gasteiger partial charge in [-0.15, -0.1) is 0 Å². The minimum Gasteiger partial charge on any atom is -0.462 e. The first-order valence-corrected chi connectivity index (χ1v) is 6.02. The molecule has 3 heteroatoms. The molecule has 0 aromatic heterocycles. The maximum atomic E-state index is 11.3. The number of Topliss-reactive ketones (excluding diaryl/α,β-unsaturated/α-hetero) is 1. The fourth-order valence-electron chi connectivity index (χ4n) is 1.80. The van der Waals surface area contributed by atoms with E-state index in [0.717, 1.165) is 12.8 Å². The topological polar surface area (TPSA) is 43.4 Å². The monoisotopic (exact) mass is 228 g/mol. The van der Waals surface area contributed by atoms with Crippen molar-refractivity contribution in [1.29, 1.82) is 0 Å². The van der Waals surface area contributed by atoms with Crippen molar-refractivity contribution >= 4 is 11.8 Å². The predicted molar refractivity (Wildman–Crippen MR) is 64.2 cm³/mol. The first-order chi connectivity index (χ1) is 7.33. The second-order valence-corrected chi connectivity index (χ2v) is 4.89. The Morgan fingerprint density at radius 2 is 1.81 bits per heavy atom. The highest BCUT2D eigenvalue weighted by molar-refractivity contribution is 5.78. The van der Waals surface area contributed by atoms with Gasteiger partial charge >= 0.3 is 5.97 Å². The van der Waals surface area contributed by atoms with Crippen molar-refractivity contribution < 1.29 is 14.3 Å². The fraction of sp³-hybridized carbons (Fsp3) is 0.846. The van der Waals surface area contributed by atoms with Crippen molar-refractivity contribution in [1.82, 2.24) is 0 Å². The number of ether oxygens (including phenoxy) is 1. The zero-order chi connectivity index (χ0) is 12.8. The van der Waals surface area contributed by atoms with Gasteiger partial charge in [-0.2, -0.15) is 0 Å². The summed E-state index contributed by atoms with van der Waals surface area (Å²) < 4.78 is 5.28. The summed E-state index contributed by atoms with van der Waals surface area (Å²) in [6, 6.07) is 0. The van der Waals surface area contributed by atoms with Crippen LogP contribution >= 0.6 is 0 Å². The molecule has 0 spiro atoms. The molecule has 0 saturated carbocycles. The molecule has 0 aromatic rings. The van der Waals surface area contributed by atoms with Gasteiger partial charge in [0.2, 0.25) is 0 Å². The molecule has 0 heterocycles. The van der Waals surface area contributed by atoms with Crippen LogP contribution in [0.3, 0.4) is 0 Å². The average molecular weight is 228 g/mol. The largest absolute Gasteiger partial charge is 0.462 e. The van der Waals surface area contributed by atoms with Crippen LogP contribution in [0.15, 0.2) is 0 Å². The van der Waals surface area contributed by atoms with Crippen molar-refractivity contribution in [2.45, 2.75) is 66.4 Å². The van der Waals surface area contributed by atoms with Gasteiger partial charge in [-0.05, 0) is 12.8 Å². The number of carbonyl (C=O) groups is 2. The van der Waals surface area contributed by atoms with E-state index in [4.69, 9.17) is 4.74 Å². The summed E-state index contributed by atoms with van der Waals surface area (Å²) in [7, 11) is 0. The number of carbonyl (C=O) groups excluding carboxylic acids is 2. The third-order valence-electron chi connectivity index (χ3n) is 2.99. The molecule has 0 aliphatic rings. The van der Waals surface area contributed by atoms with Gasteiger partial charge in [-0.1, -0.05) is 27.7 Å². The summed E-state index contributed by atoms with van der Waals surface area (Å²) in [5, 5.41) is 0. The molecular formula is C13H24O3. The van der Waals surface area contributed by atoms with Crippen LogP contribution in [0, 0.1) is 5.41 Å². The minimum atomic E-state index is -0.248. The van der Waals surface area contributed by atoms with Crippen molar-refractivity contribution in [2.75, 3.05) is 0 Å². The standard InChI is InChI=1S/C13H24O3/c1-6-11(15)8-9-13(4,5)12(7-2)16-10(3)14/h12H,6-9H2,1-5H3. The summed E-state index contributed by atoms with van der Waals surface area (Å²) >= 11 is 0. The number of esters is 1. The molecule has 0 radical (unpaired) electrons. The zero-order valence-electron chi connectivity index (χ0n) is 11.1. The van der Waals surface area contributed by atoms with Crippen LogP contribution in [0.5, 0.6) is 0 Å². The van der Waals surface area contributed by atoms with Gasteiger partial charge in [0.05, 0.1) is 0 Å². The molecule has 0 fully saturated rings. The number of rotatable bonds is 7. The van der Waals surface area contributed by atoms with Crippen molar-refractivity contribution in [2.24, 2.45) is 5.41 Å². The highest BCUT2D eigenvalue weighted by atomic mass is 16.5. The normalized spacial score (nSPS) is 13.3. The average Bonchev–Trinajstić information content (AvgIpc) is 2.22. The Hall–Kier alpha value is -0.860. The number of ketones is 1. The highest BCUT2D eigenvalue weighted by Gasteiger charge is 2.30. The van der Waals surface area contributed by atoms with E-state index in [1.54, 1.807) is 0 Å². The van der Waals surface area contributed by atoms with E-state index >= 15 is 0 Å². The Labute approximate surface area is 98.6 Å². The molecule has 1 unspecified atom stereocenters. The zero-order valence-corrected chi connectivity index (χ0v) is 11.1. The lowest BCUT2D eigenvalue weighted by Crippen LogP contribution is -2.33. The Morgan fingerprint density at radius 3 is 2.19 bits per heavy atom. The molecule has 0 amide bonds. The summed E-state index contributed by atoms with van der Waals surface area (Å²) in [5.41, 5.74) is -0.134. The van der Waals surface area contributed by atoms with Crippen LogP contribution < -0.4 is 0 Å². The van der Waals surface area contributed by atoms with E-state index in [1.807, 2.05) is 27.7 Å². The molecule has 0 bridgehead atoms.